The minimum Gasteiger partial charge on any atom is -0.466 e. The molecule has 0 amide bonds. The molecule has 0 saturated carbocycles. The molecule has 0 unspecified atom stereocenters. The van der Waals surface area contributed by atoms with Gasteiger partial charge in [-0.2, -0.15) is 4.39 Å². The Hall–Kier alpha value is -2.74. The highest BCUT2D eigenvalue weighted by molar-refractivity contribution is 7.13. The van der Waals surface area contributed by atoms with E-state index in [1.165, 1.54) is 30.0 Å². The van der Waals surface area contributed by atoms with Crippen LogP contribution in [0, 0.1) is 10.9 Å². The van der Waals surface area contributed by atoms with Gasteiger partial charge in [0.05, 0.1) is 17.7 Å². The number of nitrogens with zero attached hydrogens (tertiary/aromatic N) is 2. The standard InChI is InChI=1S/C16H12F2N2O3S/c1-22-16(21)9-23-15-8-12(13-6-7-14(18)24-13)20(19-15)11-5-3-2-4-10(11)17/h2-8H,9H2,1H3. The number of carbonyl (C=O) groups excluding carboxylic acids is 1. The van der Waals surface area contributed by atoms with Crippen molar-refractivity contribution in [3.8, 4) is 22.1 Å². The number of benzene rings is 1. The van der Waals surface area contributed by atoms with Crippen molar-refractivity contribution in [3.05, 3.63) is 53.4 Å². The van der Waals surface area contributed by atoms with E-state index in [1.54, 1.807) is 24.3 Å². The Labute approximate surface area is 140 Å². The molecule has 2 heterocycles. The average Bonchev–Trinajstić information content (AvgIpc) is 3.19. The second kappa shape index (κ2) is 6.79. The van der Waals surface area contributed by atoms with Crippen molar-refractivity contribution in [2.24, 2.45) is 0 Å². The monoisotopic (exact) mass is 350 g/mol. The topological polar surface area (TPSA) is 53.4 Å². The first-order chi connectivity index (χ1) is 11.6. The zero-order chi connectivity index (χ0) is 17.1. The van der Waals surface area contributed by atoms with E-state index in [0.717, 1.165) is 11.3 Å². The summed E-state index contributed by atoms with van der Waals surface area (Å²) < 4.78 is 38.5. The molecule has 3 aromatic rings. The van der Waals surface area contributed by atoms with Crippen LogP contribution in [-0.2, 0) is 9.53 Å². The minimum atomic E-state index is -0.570. The largest absolute Gasteiger partial charge is 0.466 e. The molecule has 0 aliphatic carbocycles. The van der Waals surface area contributed by atoms with Crippen molar-refractivity contribution >= 4 is 17.3 Å². The number of halogens is 2. The molecule has 1 aromatic carbocycles. The van der Waals surface area contributed by atoms with Gasteiger partial charge >= 0.3 is 5.97 Å². The molecule has 0 fully saturated rings. The van der Waals surface area contributed by atoms with Crippen LogP contribution in [0.1, 0.15) is 0 Å². The first kappa shape index (κ1) is 16.1. The summed E-state index contributed by atoms with van der Waals surface area (Å²) in [4.78, 5) is 11.7. The third kappa shape index (κ3) is 3.28. The van der Waals surface area contributed by atoms with Crippen molar-refractivity contribution in [3.63, 3.8) is 0 Å². The van der Waals surface area contributed by atoms with Crippen LogP contribution in [0.5, 0.6) is 5.88 Å². The minimum absolute atomic E-state index is 0.104. The van der Waals surface area contributed by atoms with Gasteiger partial charge in [-0.05, 0) is 24.3 Å². The molecule has 124 valence electrons. The fourth-order valence-corrected chi connectivity index (χ4v) is 2.79. The Balaban J connectivity index is 2.03. The van der Waals surface area contributed by atoms with E-state index in [-0.39, 0.29) is 23.3 Å². The van der Waals surface area contributed by atoms with Crippen LogP contribution in [0.2, 0.25) is 0 Å². The highest BCUT2D eigenvalue weighted by atomic mass is 32.1. The Morgan fingerprint density at radius 3 is 2.71 bits per heavy atom. The molecule has 24 heavy (non-hydrogen) atoms. The zero-order valence-corrected chi connectivity index (χ0v) is 13.3. The molecule has 0 spiro atoms. The lowest BCUT2D eigenvalue weighted by Gasteiger charge is -2.06. The van der Waals surface area contributed by atoms with Gasteiger partial charge in [-0.3, -0.25) is 0 Å². The number of methoxy groups -OCH3 is 1. The number of esters is 1. The molecule has 0 aliphatic rings. The summed E-state index contributed by atoms with van der Waals surface area (Å²) >= 11 is 0.901. The molecule has 0 atom stereocenters. The Morgan fingerprint density at radius 2 is 2.04 bits per heavy atom. The Morgan fingerprint density at radius 1 is 1.25 bits per heavy atom. The van der Waals surface area contributed by atoms with E-state index in [9.17, 15) is 13.6 Å². The summed E-state index contributed by atoms with van der Waals surface area (Å²) in [5.74, 6) is -0.954. The normalized spacial score (nSPS) is 10.6. The number of hydrogen-bond acceptors (Lipinski definition) is 5. The van der Waals surface area contributed by atoms with Crippen LogP contribution in [0.4, 0.5) is 8.78 Å². The number of carbonyl (C=O) groups is 1. The van der Waals surface area contributed by atoms with E-state index in [2.05, 4.69) is 9.84 Å². The summed E-state index contributed by atoms with van der Waals surface area (Å²) in [6.07, 6.45) is 0. The summed E-state index contributed by atoms with van der Waals surface area (Å²) in [6, 6.07) is 10.5. The van der Waals surface area contributed by atoms with E-state index in [4.69, 9.17) is 4.74 Å². The average molecular weight is 350 g/mol. The number of ether oxygens (including phenoxy) is 2. The molecular weight excluding hydrogens is 338 g/mol. The number of aromatic nitrogens is 2. The van der Waals surface area contributed by atoms with Gasteiger partial charge in [-0.15, -0.1) is 16.4 Å². The highest BCUT2D eigenvalue weighted by Crippen LogP contribution is 2.32. The van der Waals surface area contributed by atoms with Gasteiger partial charge in [0.1, 0.15) is 11.5 Å². The summed E-state index contributed by atoms with van der Waals surface area (Å²) in [5.41, 5.74) is 0.642. The first-order valence-electron chi connectivity index (χ1n) is 6.89. The molecule has 0 bridgehead atoms. The number of para-hydroxylation sites is 1. The third-order valence-corrected chi connectivity index (χ3v) is 4.06. The van der Waals surface area contributed by atoms with Gasteiger partial charge in [-0.1, -0.05) is 12.1 Å². The second-order valence-electron chi connectivity index (χ2n) is 4.70. The van der Waals surface area contributed by atoms with Crippen molar-refractivity contribution in [1.82, 2.24) is 9.78 Å². The first-order valence-corrected chi connectivity index (χ1v) is 7.70. The van der Waals surface area contributed by atoms with Gasteiger partial charge in [0, 0.05) is 6.07 Å². The van der Waals surface area contributed by atoms with Gasteiger partial charge in [-0.25, -0.2) is 13.9 Å². The molecule has 0 saturated heterocycles. The zero-order valence-electron chi connectivity index (χ0n) is 12.5. The fraction of sp³-hybridized carbons (Fsp3) is 0.125. The van der Waals surface area contributed by atoms with E-state index in [1.807, 2.05) is 0 Å². The molecule has 0 aliphatic heterocycles. The third-order valence-electron chi connectivity index (χ3n) is 3.16. The maximum Gasteiger partial charge on any atom is 0.343 e. The second-order valence-corrected chi connectivity index (χ2v) is 5.73. The van der Waals surface area contributed by atoms with E-state index in [0.29, 0.717) is 10.6 Å². The van der Waals surface area contributed by atoms with Crippen molar-refractivity contribution in [2.45, 2.75) is 0 Å². The highest BCUT2D eigenvalue weighted by Gasteiger charge is 2.17. The molecule has 8 heteroatoms. The predicted octanol–water partition coefficient (Wildman–Crippen LogP) is 3.43. The SMILES string of the molecule is COC(=O)COc1cc(-c2ccc(F)s2)n(-c2ccccc2F)n1. The maximum atomic E-state index is 14.1. The Bertz CT molecular complexity index is 876. The van der Waals surface area contributed by atoms with Gasteiger partial charge in [0.15, 0.2) is 11.7 Å². The van der Waals surface area contributed by atoms with Gasteiger partial charge in [0.2, 0.25) is 5.88 Å². The number of hydrogen-bond donors (Lipinski definition) is 0. The van der Waals surface area contributed by atoms with Gasteiger partial charge < -0.3 is 9.47 Å². The number of rotatable bonds is 5. The fourth-order valence-electron chi connectivity index (χ4n) is 2.06. The van der Waals surface area contributed by atoms with Crippen LogP contribution in [0.25, 0.3) is 16.3 Å². The number of thiophene rings is 1. The van der Waals surface area contributed by atoms with E-state index >= 15 is 0 Å². The molecule has 0 N–H and O–H groups in total. The smallest absolute Gasteiger partial charge is 0.343 e. The quantitative estimate of drug-likeness (QED) is 0.662. The molecule has 2 aromatic heterocycles. The molecule has 5 nitrogen and oxygen atoms in total. The van der Waals surface area contributed by atoms with Crippen LogP contribution >= 0.6 is 11.3 Å². The van der Waals surface area contributed by atoms with Crippen LogP contribution in [0.3, 0.4) is 0 Å². The molecule has 0 radical (unpaired) electrons. The van der Waals surface area contributed by atoms with Gasteiger partial charge in [0.25, 0.3) is 0 Å². The lowest BCUT2D eigenvalue weighted by molar-refractivity contribution is -0.143. The van der Waals surface area contributed by atoms with Crippen molar-refractivity contribution in [1.29, 1.82) is 0 Å². The lowest BCUT2D eigenvalue weighted by atomic mass is 10.3. The van der Waals surface area contributed by atoms with Crippen molar-refractivity contribution < 1.29 is 23.0 Å². The Kier molecular flexibility index (Phi) is 4.57. The lowest BCUT2D eigenvalue weighted by Crippen LogP contribution is -2.13. The maximum absolute atomic E-state index is 14.1. The summed E-state index contributed by atoms with van der Waals surface area (Å²) in [7, 11) is 1.24. The van der Waals surface area contributed by atoms with Crippen molar-refractivity contribution in [2.75, 3.05) is 13.7 Å². The van der Waals surface area contributed by atoms with Crippen LogP contribution in [-0.4, -0.2) is 29.5 Å². The summed E-state index contributed by atoms with van der Waals surface area (Å²) in [6.45, 7) is -0.330. The van der Waals surface area contributed by atoms with Crippen LogP contribution in [0.15, 0.2) is 42.5 Å². The predicted molar refractivity (Wildman–Crippen MR) is 84.3 cm³/mol. The molecule has 3 rings (SSSR count). The molecular formula is C16H12F2N2O3S. The van der Waals surface area contributed by atoms with Crippen LogP contribution < -0.4 is 4.74 Å². The van der Waals surface area contributed by atoms with E-state index < -0.39 is 11.8 Å². The summed E-state index contributed by atoms with van der Waals surface area (Å²) in [5, 5.41) is 3.79.